The van der Waals surface area contributed by atoms with Crippen molar-refractivity contribution in [3.63, 3.8) is 0 Å². The van der Waals surface area contributed by atoms with Crippen molar-refractivity contribution in [2.75, 3.05) is 0 Å². The normalized spacial score (nSPS) is 19.6. The van der Waals surface area contributed by atoms with E-state index in [1.54, 1.807) is 0 Å². The summed E-state index contributed by atoms with van der Waals surface area (Å²) in [4.78, 5) is 22.0. The number of rotatable bonds is 5. The van der Waals surface area contributed by atoms with Crippen molar-refractivity contribution in [3.05, 3.63) is 0 Å². The zero-order valence-corrected chi connectivity index (χ0v) is 7.91. The van der Waals surface area contributed by atoms with Crippen LogP contribution in [0.25, 0.3) is 0 Å². The number of ketones is 2. The molecule has 0 bridgehead atoms. The molecule has 0 saturated heterocycles. The summed E-state index contributed by atoms with van der Waals surface area (Å²) in [6.07, 6.45) is -6.52. The van der Waals surface area contributed by atoms with Gasteiger partial charge in [0.15, 0.2) is 0 Å². The van der Waals surface area contributed by atoms with Crippen LogP contribution >= 0.6 is 0 Å². The summed E-state index contributed by atoms with van der Waals surface area (Å²) in [5.41, 5.74) is 0. The number of carbonyl (C=O) groups excluding carboxylic acids is 2. The highest BCUT2D eigenvalue weighted by atomic mass is 16.3. The van der Waals surface area contributed by atoms with Gasteiger partial charge in [-0.05, 0) is 13.8 Å². The first kappa shape index (κ1) is 13.2. The lowest BCUT2D eigenvalue weighted by molar-refractivity contribution is -0.151. The van der Waals surface area contributed by atoms with Crippen LogP contribution in [0.4, 0.5) is 0 Å². The van der Waals surface area contributed by atoms with E-state index in [2.05, 4.69) is 0 Å². The number of aliphatic hydroxyl groups excluding tert-OH is 4. The zero-order chi connectivity index (χ0) is 11.5. The fourth-order valence-corrected chi connectivity index (χ4v) is 0.730. The van der Waals surface area contributed by atoms with Gasteiger partial charge in [0.2, 0.25) is 11.6 Å². The standard InChI is InChI=1S/C8H14O6/c1-3(9)5(11)7(13)8(14)6(12)4(2)10/h3-6,9-12H,1-2H3/t3-,4?,5+,6?/m1/s1. The van der Waals surface area contributed by atoms with Gasteiger partial charge in [-0.15, -0.1) is 0 Å². The van der Waals surface area contributed by atoms with Crippen LogP contribution < -0.4 is 0 Å². The molecule has 0 aliphatic heterocycles. The Morgan fingerprint density at radius 3 is 1.14 bits per heavy atom. The Morgan fingerprint density at radius 1 is 0.786 bits per heavy atom. The molecular weight excluding hydrogens is 192 g/mol. The van der Waals surface area contributed by atoms with Gasteiger partial charge in [-0.25, -0.2) is 0 Å². The molecule has 0 rings (SSSR count). The lowest BCUT2D eigenvalue weighted by atomic mass is 10.0. The molecule has 0 saturated carbocycles. The minimum Gasteiger partial charge on any atom is -0.390 e. The zero-order valence-electron chi connectivity index (χ0n) is 7.91. The quantitative estimate of drug-likeness (QED) is 0.373. The van der Waals surface area contributed by atoms with Crippen molar-refractivity contribution in [2.45, 2.75) is 38.3 Å². The second kappa shape index (κ2) is 5.16. The first-order valence-corrected chi connectivity index (χ1v) is 4.09. The van der Waals surface area contributed by atoms with Crippen LogP contribution in [-0.2, 0) is 9.59 Å². The molecule has 0 aromatic rings. The average Bonchev–Trinajstić information content (AvgIpc) is 2.12. The Morgan fingerprint density at radius 2 is 1.00 bits per heavy atom. The van der Waals surface area contributed by atoms with Gasteiger partial charge in [0.05, 0.1) is 12.2 Å². The molecule has 0 aromatic carbocycles. The third kappa shape index (κ3) is 3.15. The fourth-order valence-electron chi connectivity index (χ4n) is 0.730. The molecule has 2 unspecified atom stereocenters. The molecule has 0 amide bonds. The minimum atomic E-state index is -1.86. The average molecular weight is 206 g/mol. The summed E-state index contributed by atoms with van der Waals surface area (Å²) in [5, 5.41) is 35.6. The van der Waals surface area contributed by atoms with Gasteiger partial charge in [-0.2, -0.15) is 0 Å². The van der Waals surface area contributed by atoms with Crippen LogP contribution in [0.1, 0.15) is 13.8 Å². The monoisotopic (exact) mass is 206 g/mol. The molecule has 0 radical (unpaired) electrons. The molecule has 4 atom stereocenters. The molecular formula is C8H14O6. The van der Waals surface area contributed by atoms with Crippen LogP contribution in [0.3, 0.4) is 0 Å². The van der Waals surface area contributed by atoms with E-state index in [1.165, 1.54) is 0 Å². The summed E-state index contributed by atoms with van der Waals surface area (Å²) in [6.45, 7) is 2.26. The third-order valence-electron chi connectivity index (χ3n) is 1.69. The highest BCUT2D eigenvalue weighted by Gasteiger charge is 2.33. The van der Waals surface area contributed by atoms with Crippen molar-refractivity contribution in [2.24, 2.45) is 0 Å². The Balaban J connectivity index is 4.48. The molecule has 0 fully saturated rings. The number of hydrogen-bond acceptors (Lipinski definition) is 6. The van der Waals surface area contributed by atoms with E-state index in [9.17, 15) is 9.59 Å². The Hall–Kier alpha value is -0.820. The van der Waals surface area contributed by atoms with Crippen LogP contribution in [0.15, 0.2) is 0 Å². The van der Waals surface area contributed by atoms with Crippen molar-refractivity contribution in [1.82, 2.24) is 0 Å². The maximum Gasteiger partial charge on any atom is 0.232 e. The van der Waals surface area contributed by atoms with E-state index >= 15 is 0 Å². The molecule has 6 nitrogen and oxygen atoms in total. The SMILES string of the molecule is CC(O)C(O)C(=O)C(=O)[C@@H](O)[C@@H](C)O. The second-order valence-corrected chi connectivity index (χ2v) is 3.10. The summed E-state index contributed by atoms with van der Waals surface area (Å²) in [6, 6.07) is 0. The van der Waals surface area contributed by atoms with E-state index in [0.717, 1.165) is 13.8 Å². The Bertz CT molecular complexity index is 198. The van der Waals surface area contributed by atoms with Gasteiger partial charge in [0.1, 0.15) is 12.2 Å². The number of Topliss-reactive ketones (excluding diaryl/α,β-unsaturated/α-hetero) is 2. The van der Waals surface area contributed by atoms with Crippen molar-refractivity contribution >= 4 is 11.6 Å². The van der Waals surface area contributed by atoms with Gasteiger partial charge in [0.25, 0.3) is 0 Å². The Labute approximate surface area is 80.8 Å². The topological polar surface area (TPSA) is 115 Å². The van der Waals surface area contributed by atoms with E-state index in [0.29, 0.717) is 0 Å². The third-order valence-corrected chi connectivity index (χ3v) is 1.69. The van der Waals surface area contributed by atoms with Crippen molar-refractivity contribution in [1.29, 1.82) is 0 Å². The first-order chi connectivity index (χ1) is 6.29. The van der Waals surface area contributed by atoms with Gasteiger partial charge >= 0.3 is 0 Å². The molecule has 0 aliphatic carbocycles. The highest BCUT2D eigenvalue weighted by molar-refractivity contribution is 6.40. The van der Waals surface area contributed by atoms with E-state index in [-0.39, 0.29) is 0 Å². The maximum absolute atomic E-state index is 11.0. The molecule has 82 valence electrons. The Kier molecular flexibility index (Phi) is 4.86. The molecule has 4 N–H and O–H groups in total. The van der Waals surface area contributed by atoms with Crippen LogP contribution in [-0.4, -0.2) is 56.4 Å². The molecule has 0 spiro atoms. The summed E-state index contributed by atoms with van der Waals surface area (Å²) >= 11 is 0. The summed E-state index contributed by atoms with van der Waals surface area (Å²) in [7, 11) is 0. The van der Waals surface area contributed by atoms with Crippen LogP contribution in [0.5, 0.6) is 0 Å². The van der Waals surface area contributed by atoms with Crippen LogP contribution in [0, 0.1) is 0 Å². The summed E-state index contributed by atoms with van der Waals surface area (Å²) in [5.74, 6) is -2.62. The maximum atomic E-state index is 11.0. The summed E-state index contributed by atoms with van der Waals surface area (Å²) < 4.78 is 0. The van der Waals surface area contributed by atoms with Gasteiger partial charge in [-0.3, -0.25) is 9.59 Å². The van der Waals surface area contributed by atoms with Crippen LogP contribution in [0.2, 0.25) is 0 Å². The lowest BCUT2D eigenvalue weighted by Crippen LogP contribution is -2.44. The minimum absolute atomic E-state index is 1.13. The second-order valence-electron chi connectivity index (χ2n) is 3.10. The number of hydrogen-bond donors (Lipinski definition) is 4. The largest absolute Gasteiger partial charge is 0.390 e. The fraction of sp³-hybridized carbons (Fsp3) is 0.750. The van der Waals surface area contributed by atoms with E-state index < -0.39 is 36.0 Å². The predicted octanol–water partition coefficient (Wildman–Crippen LogP) is -2.39. The lowest BCUT2D eigenvalue weighted by Gasteiger charge is -2.15. The predicted molar refractivity (Wildman–Crippen MR) is 45.4 cm³/mol. The highest BCUT2D eigenvalue weighted by Crippen LogP contribution is 2.01. The molecule has 14 heavy (non-hydrogen) atoms. The molecule has 6 heteroatoms. The van der Waals surface area contributed by atoms with Gasteiger partial charge in [0, 0.05) is 0 Å². The van der Waals surface area contributed by atoms with E-state index in [1.807, 2.05) is 0 Å². The smallest absolute Gasteiger partial charge is 0.232 e. The van der Waals surface area contributed by atoms with Crippen molar-refractivity contribution < 1.29 is 30.0 Å². The molecule has 0 heterocycles. The number of carbonyl (C=O) groups is 2. The van der Waals surface area contributed by atoms with Gasteiger partial charge < -0.3 is 20.4 Å². The van der Waals surface area contributed by atoms with E-state index in [4.69, 9.17) is 20.4 Å². The molecule has 0 aromatic heterocycles. The number of aliphatic hydroxyl groups is 4. The molecule has 0 aliphatic rings. The van der Waals surface area contributed by atoms with Gasteiger partial charge in [-0.1, -0.05) is 0 Å². The first-order valence-electron chi connectivity index (χ1n) is 4.09. The van der Waals surface area contributed by atoms with Crippen molar-refractivity contribution in [3.8, 4) is 0 Å².